The average molecular weight is 553 g/mol. The van der Waals surface area contributed by atoms with Gasteiger partial charge in [-0.2, -0.15) is 4.31 Å². The second-order valence-electron chi connectivity index (χ2n) is 9.77. The number of nitrogens with one attached hydrogen (secondary N) is 2. The largest absolute Gasteiger partial charge is 0.506 e. The molecule has 12 heteroatoms. The zero-order chi connectivity index (χ0) is 26.6. The smallest absolute Gasteiger partial charge is 0.243 e. The van der Waals surface area contributed by atoms with E-state index in [1.165, 1.54) is 12.1 Å². The molecule has 2 aliphatic rings. The molecule has 2 heterocycles. The van der Waals surface area contributed by atoms with Gasteiger partial charge in [0.05, 0.1) is 22.9 Å². The second kappa shape index (κ2) is 11.7. The quantitative estimate of drug-likeness (QED) is 0.348. The summed E-state index contributed by atoms with van der Waals surface area (Å²) in [5, 5.41) is 22.8. The Morgan fingerprint density at radius 1 is 0.946 bits per heavy atom. The standard InChI is InChI=1S/C25H36N4O6S2/c1-36(32,33)27-22-17-20(10-13-24(22)30)25(31)18-26-29-16-6-3-7-23(29)19-8-11-21(12-9-19)37(34,35)28-14-4-2-5-15-28/h8-13,17,23,25-27,30-31H,2-7,14-16,18H2,1H3/t23-,25+/m1/s1. The number of hydrogen-bond acceptors (Lipinski definition) is 8. The van der Waals surface area contributed by atoms with Crippen LogP contribution in [0.15, 0.2) is 47.4 Å². The third kappa shape index (κ3) is 7.01. The predicted molar refractivity (Wildman–Crippen MR) is 142 cm³/mol. The number of phenols is 1. The molecule has 0 aromatic heterocycles. The summed E-state index contributed by atoms with van der Waals surface area (Å²) in [4.78, 5) is 0.315. The number of aromatic hydroxyl groups is 1. The van der Waals surface area contributed by atoms with Crippen LogP contribution >= 0.6 is 0 Å². The minimum absolute atomic E-state index is 0.00879. The lowest BCUT2D eigenvalue weighted by Gasteiger charge is -2.37. The third-order valence-electron chi connectivity index (χ3n) is 6.91. The molecule has 0 amide bonds. The maximum Gasteiger partial charge on any atom is 0.243 e. The number of phenolic OH excluding ortho intramolecular Hbond substituents is 1. The van der Waals surface area contributed by atoms with Crippen LogP contribution in [0.25, 0.3) is 0 Å². The number of sulfonamides is 2. The highest BCUT2D eigenvalue weighted by molar-refractivity contribution is 7.92. The Bertz CT molecular complexity index is 1280. The van der Waals surface area contributed by atoms with E-state index in [0.29, 0.717) is 23.5 Å². The van der Waals surface area contributed by atoms with Crippen LogP contribution in [0.1, 0.15) is 61.8 Å². The Morgan fingerprint density at radius 3 is 2.30 bits per heavy atom. The fraction of sp³-hybridized carbons (Fsp3) is 0.520. The molecule has 10 nitrogen and oxygen atoms in total. The van der Waals surface area contributed by atoms with Crippen molar-refractivity contribution in [3.05, 3.63) is 53.6 Å². The molecule has 0 unspecified atom stereocenters. The Kier molecular flexibility index (Phi) is 8.77. The molecular formula is C25H36N4O6S2. The molecule has 4 rings (SSSR count). The van der Waals surface area contributed by atoms with Crippen molar-refractivity contribution < 1.29 is 27.0 Å². The van der Waals surface area contributed by atoms with Crippen molar-refractivity contribution in [2.45, 2.75) is 55.6 Å². The van der Waals surface area contributed by atoms with Gasteiger partial charge in [-0.1, -0.05) is 31.0 Å². The first-order valence-corrected chi connectivity index (χ1v) is 16.0. The minimum atomic E-state index is -3.58. The molecule has 0 bridgehead atoms. The molecule has 2 aliphatic heterocycles. The number of rotatable bonds is 9. The maximum atomic E-state index is 13.0. The number of hydrazine groups is 1. The number of hydrogen-bond donors (Lipinski definition) is 4. The summed E-state index contributed by atoms with van der Waals surface area (Å²) in [7, 11) is -7.07. The van der Waals surface area contributed by atoms with Crippen molar-refractivity contribution in [3.63, 3.8) is 0 Å². The fourth-order valence-corrected chi connectivity index (χ4v) is 7.03. The van der Waals surface area contributed by atoms with Gasteiger partial charge in [0, 0.05) is 32.2 Å². The Morgan fingerprint density at radius 2 is 1.62 bits per heavy atom. The molecule has 0 spiro atoms. The summed E-state index contributed by atoms with van der Waals surface area (Å²) in [6, 6.07) is 11.5. The van der Waals surface area contributed by atoms with E-state index >= 15 is 0 Å². The lowest BCUT2D eigenvalue weighted by atomic mass is 9.97. The van der Waals surface area contributed by atoms with Gasteiger partial charge in [-0.15, -0.1) is 0 Å². The predicted octanol–water partition coefficient (Wildman–Crippen LogP) is 2.70. The molecule has 2 aromatic rings. The highest BCUT2D eigenvalue weighted by Crippen LogP contribution is 2.32. The molecule has 204 valence electrons. The van der Waals surface area contributed by atoms with Crippen molar-refractivity contribution in [2.75, 3.05) is 37.2 Å². The van der Waals surface area contributed by atoms with E-state index in [4.69, 9.17) is 0 Å². The second-order valence-corrected chi connectivity index (χ2v) is 13.5. The average Bonchev–Trinajstić information content (AvgIpc) is 2.88. The van der Waals surface area contributed by atoms with E-state index < -0.39 is 26.2 Å². The SMILES string of the molecule is CS(=O)(=O)Nc1cc([C@@H](O)CNN2CCCC[C@@H]2c2ccc(S(=O)(=O)N3CCCCC3)cc2)ccc1O. The summed E-state index contributed by atoms with van der Waals surface area (Å²) >= 11 is 0. The van der Waals surface area contributed by atoms with Gasteiger partial charge in [0.1, 0.15) is 5.75 Å². The molecule has 0 radical (unpaired) electrons. The number of nitrogens with zero attached hydrogens (tertiary/aromatic N) is 2. The maximum absolute atomic E-state index is 13.0. The monoisotopic (exact) mass is 552 g/mol. The third-order valence-corrected chi connectivity index (χ3v) is 9.41. The van der Waals surface area contributed by atoms with Crippen molar-refractivity contribution in [2.24, 2.45) is 0 Å². The summed E-state index contributed by atoms with van der Waals surface area (Å²) in [6.45, 7) is 2.09. The molecule has 2 atom stereocenters. The van der Waals surface area contributed by atoms with E-state index in [2.05, 4.69) is 15.2 Å². The highest BCUT2D eigenvalue weighted by atomic mass is 32.2. The Labute approximate surface area is 219 Å². The van der Waals surface area contributed by atoms with Crippen LogP contribution in [0.2, 0.25) is 0 Å². The topological polar surface area (TPSA) is 139 Å². The van der Waals surface area contributed by atoms with Gasteiger partial charge in [-0.25, -0.2) is 21.8 Å². The molecule has 37 heavy (non-hydrogen) atoms. The molecule has 0 saturated carbocycles. The van der Waals surface area contributed by atoms with Crippen LogP contribution < -0.4 is 10.1 Å². The molecule has 4 N–H and O–H groups in total. The van der Waals surface area contributed by atoms with E-state index in [1.54, 1.807) is 22.5 Å². The van der Waals surface area contributed by atoms with Crippen molar-refractivity contribution in [1.29, 1.82) is 0 Å². The highest BCUT2D eigenvalue weighted by Gasteiger charge is 2.28. The van der Waals surface area contributed by atoms with Crippen LogP contribution in [0.4, 0.5) is 5.69 Å². The van der Waals surface area contributed by atoms with Crippen molar-refractivity contribution >= 4 is 25.7 Å². The first-order chi connectivity index (χ1) is 17.5. The fourth-order valence-electron chi connectivity index (χ4n) is 4.95. The molecule has 2 saturated heterocycles. The Hall–Kier alpha value is -2.22. The zero-order valence-electron chi connectivity index (χ0n) is 21.0. The van der Waals surface area contributed by atoms with Gasteiger partial charge in [-0.05, 0) is 61.1 Å². The number of anilines is 1. The van der Waals surface area contributed by atoms with Gasteiger partial charge in [0.15, 0.2) is 0 Å². The lowest BCUT2D eigenvalue weighted by molar-refractivity contribution is 0.0565. The minimum Gasteiger partial charge on any atom is -0.506 e. The van der Waals surface area contributed by atoms with Crippen LogP contribution in [0, 0.1) is 0 Å². The first kappa shape index (κ1) is 27.8. The molecule has 2 aromatic carbocycles. The van der Waals surface area contributed by atoms with E-state index in [9.17, 15) is 27.0 Å². The molecule has 2 fully saturated rings. The van der Waals surface area contributed by atoms with Crippen LogP contribution in [0.3, 0.4) is 0 Å². The van der Waals surface area contributed by atoms with Crippen LogP contribution in [0.5, 0.6) is 5.75 Å². The molecular weight excluding hydrogens is 516 g/mol. The number of aliphatic hydroxyl groups is 1. The molecule has 0 aliphatic carbocycles. The summed E-state index contributed by atoms with van der Waals surface area (Å²) in [6.07, 6.45) is 5.82. The lowest BCUT2D eigenvalue weighted by Crippen LogP contribution is -2.45. The Balaban J connectivity index is 1.43. The van der Waals surface area contributed by atoms with E-state index in [0.717, 1.165) is 56.9 Å². The van der Waals surface area contributed by atoms with Gasteiger partial charge in [0.25, 0.3) is 0 Å². The van der Waals surface area contributed by atoms with Crippen molar-refractivity contribution in [3.8, 4) is 5.75 Å². The van der Waals surface area contributed by atoms with Gasteiger partial charge >= 0.3 is 0 Å². The number of piperidine rings is 2. The van der Waals surface area contributed by atoms with Crippen molar-refractivity contribution in [1.82, 2.24) is 14.7 Å². The summed E-state index contributed by atoms with van der Waals surface area (Å²) in [5.41, 5.74) is 4.77. The normalized spacial score (nSPS) is 21.0. The van der Waals surface area contributed by atoms with Crippen LogP contribution in [-0.2, 0) is 20.0 Å². The first-order valence-electron chi connectivity index (χ1n) is 12.6. The zero-order valence-corrected chi connectivity index (χ0v) is 22.6. The van der Waals surface area contributed by atoms with Gasteiger partial charge in [-0.3, -0.25) is 10.1 Å². The van der Waals surface area contributed by atoms with Crippen LogP contribution in [-0.4, -0.2) is 68.8 Å². The summed E-state index contributed by atoms with van der Waals surface area (Å²) in [5.74, 6) is -0.226. The number of aliphatic hydroxyl groups excluding tert-OH is 1. The summed E-state index contributed by atoms with van der Waals surface area (Å²) < 4.78 is 52.9. The van der Waals surface area contributed by atoms with Gasteiger partial charge < -0.3 is 10.2 Å². The number of benzene rings is 2. The van der Waals surface area contributed by atoms with Gasteiger partial charge in [0.2, 0.25) is 20.0 Å². The van der Waals surface area contributed by atoms with E-state index in [-0.39, 0.29) is 24.0 Å². The van der Waals surface area contributed by atoms with E-state index in [1.807, 2.05) is 12.1 Å².